The number of carbonyl (C=O) groups is 3. The van der Waals surface area contributed by atoms with Crippen LogP contribution in [0.4, 0.5) is 5.69 Å². The zero-order chi connectivity index (χ0) is 27.5. The average Bonchev–Trinajstić information content (AvgIpc) is 2.90. The largest absolute Gasteiger partial charge is 0.370 e. The van der Waals surface area contributed by atoms with Crippen LogP contribution in [0.2, 0.25) is 0 Å². The Hall–Kier alpha value is -4.44. The molecule has 0 radical (unpaired) electrons. The van der Waals surface area contributed by atoms with Crippen LogP contribution in [0.15, 0.2) is 72.8 Å². The van der Waals surface area contributed by atoms with Gasteiger partial charge in [-0.05, 0) is 48.2 Å². The fourth-order valence-corrected chi connectivity index (χ4v) is 3.93. The van der Waals surface area contributed by atoms with Gasteiger partial charge in [-0.3, -0.25) is 19.8 Å². The Labute approximate surface area is 222 Å². The predicted molar refractivity (Wildman–Crippen MR) is 149 cm³/mol. The van der Waals surface area contributed by atoms with E-state index < -0.39 is 35.8 Å². The summed E-state index contributed by atoms with van der Waals surface area (Å²) in [6.45, 7) is 1.90. The second kappa shape index (κ2) is 13.8. The molecule has 0 saturated carbocycles. The molecule has 10 heteroatoms. The smallest absolute Gasteiger partial charge is 0.246 e. The Morgan fingerprint density at radius 2 is 1.50 bits per heavy atom. The van der Waals surface area contributed by atoms with Crippen molar-refractivity contribution in [3.8, 4) is 0 Å². The molecule has 0 saturated heterocycles. The van der Waals surface area contributed by atoms with E-state index in [9.17, 15) is 14.4 Å². The number of guanidine groups is 1. The molecular formula is C28H35N7O3. The Morgan fingerprint density at radius 3 is 2.18 bits per heavy atom. The summed E-state index contributed by atoms with van der Waals surface area (Å²) >= 11 is 0. The Balaban J connectivity index is 1.77. The third-order valence-corrected chi connectivity index (χ3v) is 5.96. The Kier molecular flexibility index (Phi) is 10.2. The Bertz CT molecular complexity index is 1260. The topological polar surface area (TPSA) is 175 Å². The molecular weight excluding hydrogens is 482 g/mol. The molecule has 0 aliphatic rings. The number of hydrogen-bond donors (Lipinski definition) is 7. The fraction of sp³-hybridized carbons (Fsp3) is 0.286. The van der Waals surface area contributed by atoms with Crippen molar-refractivity contribution in [3.05, 3.63) is 78.4 Å². The quantitative estimate of drug-likeness (QED) is 0.109. The van der Waals surface area contributed by atoms with E-state index in [4.69, 9.17) is 16.9 Å². The minimum atomic E-state index is -0.929. The maximum Gasteiger partial charge on any atom is 0.246 e. The predicted octanol–water partition coefficient (Wildman–Crippen LogP) is 1.60. The summed E-state index contributed by atoms with van der Waals surface area (Å²) in [5.41, 5.74) is 12.5. The van der Waals surface area contributed by atoms with Gasteiger partial charge in [-0.1, -0.05) is 60.7 Å². The van der Waals surface area contributed by atoms with E-state index in [1.165, 1.54) is 6.92 Å². The molecule has 0 spiro atoms. The monoisotopic (exact) mass is 517 g/mol. The van der Waals surface area contributed by atoms with E-state index in [1.807, 2.05) is 66.7 Å². The highest BCUT2D eigenvalue weighted by atomic mass is 16.2. The molecule has 0 aliphatic heterocycles. The SMILES string of the molecule is C[C@H](N)C(=O)N[C@@H](Cc1ccccc1)C(=O)N[C@@H](CCCNC(=N)N)C(=O)Nc1ccc2ccccc2c1. The molecule has 3 aromatic carbocycles. The lowest BCUT2D eigenvalue weighted by molar-refractivity contribution is -0.131. The first-order chi connectivity index (χ1) is 18.2. The summed E-state index contributed by atoms with van der Waals surface area (Å²) in [7, 11) is 0. The van der Waals surface area contributed by atoms with E-state index in [2.05, 4.69) is 21.3 Å². The van der Waals surface area contributed by atoms with E-state index in [0.717, 1.165) is 16.3 Å². The van der Waals surface area contributed by atoms with Crippen molar-refractivity contribution in [2.45, 2.75) is 44.3 Å². The van der Waals surface area contributed by atoms with Crippen molar-refractivity contribution in [2.75, 3.05) is 11.9 Å². The van der Waals surface area contributed by atoms with Gasteiger partial charge in [0, 0.05) is 18.7 Å². The lowest BCUT2D eigenvalue weighted by atomic mass is 10.0. The van der Waals surface area contributed by atoms with Gasteiger partial charge in [0.25, 0.3) is 0 Å². The molecule has 3 amide bonds. The van der Waals surface area contributed by atoms with Crippen LogP contribution in [0.25, 0.3) is 10.8 Å². The van der Waals surface area contributed by atoms with Crippen LogP contribution < -0.4 is 32.7 Å². The highest BCUT2D eigenvalue weighted by molar-refractivity contribution is 6.00. The zero-order valence-electron chi connectivity index (χ0n) is 21.4. The van der Waals surface area contributed by atoms with Crippen LogP contribution in [0, 0.1) is 5.41 Å². The van der Waals surface area contributed by atoms with Crippen LogP contribution in [0.3, 0.4) is 0 Å². The van der Waals surface area contributed by atoms with Gasteiger partial charge < -0.3 is 32.7 Å². The van der Waals surface area contributed by atoms with Gasteiger partial charge in [0.15, 0.2) is 5.96 Å². The van der Waals surface area contributed by atoms with Crippen LogP contribution in [-0.4, -0.2) is 48.4 Å². The summed E-state index contributed by atoms with van der Waals surface area (Å²) < 4.78 is 0. The first-order valence-electron chi connectivity index (χ1n) is 12.5. The van der Waals surface area contributed by atoms with Crippen molar-refractivity contribution in [1.29, 1.82) is 5.41 Å². The molecule has 200 valence electrons. The van der Waals surface area contributed by atoms with Gasteiger partial charge in [-0.2, -0.15) is 0 Å². The minimum Gasteiger partial charge on any atom is -0.370 e. The third kappa shape index (κ3) is 8.59. The minimum absolute atomic E-state index is 0.173. The molecule has 3 atom stereocenters. The highest BCUT2D eigenvalue weighted by Gasteiger charge is 2.27. The van der Waals surface area contributed by atoms with Crippen molar-refractivity contribution in [3.63, 3.8) is 0 Å². The van der Waals surface area contributed by atoms with Gasteiger partial charge in [0.1, 0.15) is 12.1 Å². The fourth-order valence-electron chi connectivity index (χ4n) is 3.93. The molecule has 3 aromatic rings. The molecule has 38 heavy (non-hydrogen) atoms. The number of benzene rings is 3. The number of amides is 3. The summed E-state index contributed by atoms with van der Waals surface area (Å²) in [6, 6.07) is 20.0. The van der Waals surface area contributed by atoms with Crippen LogP contribution in [0.1, 0.15) is 25.3 Å². The van der Waals surface area contributed by atoms with Gasteiger partial charge in [-0.15, -0.1) is 0 Å². The molecule has 0 heterocycles. The molecule has 0 fully saturated rings. The average molecular weight is 518 g/mol. The van der Waals surface area contributed by atoms with E-state index in [1.54, 1.807) is 6.07 Å². The first kappa shape index (κ1) is 28.1. The molecule has 0 aliphatic carbocycles. The summed E-state index contributed by atoms with van der Waals surface area (Å²) in [4.78, 5) is 39.0. The van der Waals surface area contributed by atoms with Crippen LogP contribution in [0.5, 0.6) is 0 Å². The maximum atomic E-state index is 13.4. The van der Waals surface area contributed by atoms with Crippen molar-refractivity contribution < 1.29 is 14.4 Å². The molecule has 10 nitrogen and oxygen atoms in total. The number of hydrogen-bond acceptors (Lipinski definition) is 5. The number of fused-ring (bicyclic) bond motifs is 1. The number of anilines is 1. The van der Waals surface area contributed by atoms with Gasteiger partial charge >= 0.3 is 0 Å². The summed E-state index contributed by atoms with van der Waals surface area (Å²) in [5.74, 6) is -1.54. The Morgan fingerprint density at radius 1 is 0.842 bits per heavy atom. The number of carbonyl (C=O) groups excluding carboxylic acids is 3. The zero-order valence-corrected chi connectivity index (χ0v) is 21.4. The second-order valence-electron chi connectivity index (χ2n) is 9.13. The lowest BCUT2D eigenvalue weighted by Crippen LogP contribution is -2.55. The molecule has 0 bridgehead atoms. The third-order valence-electron chi connectivity index (χ3n) is 5.96. The standard InChI is InChI=1S/C28H35N7O3/c1-18(29)25(36)35-24(16-19-8-3-2-4-9-19)27(38)34-23(12-7-15-32-28(30)31)26(37)33-22-14-13-20-10-5-6-11-21(20)17-22/h2-6,8-11,13-14,17-18,23-24H,7,12,15-16,29H2,1H3,(H,33,37)(H,34,38)(H,35,36)(H4,30,31,32)/t18-,23-,24-/m0/s1. The maximum absolute atomic E-state index is 13.4. The van der Waals surface area contributed by atoms with Gasteiger partial charge in [0.2, 0.25) is 17.7 Å². The number of rotatable bonds is 12. The van der Waals surface area contributed by atoms with E-state index in [0.29, 0.717) is 18.7 Å². The number of nitrogens with two attached hydrogens (primary N) is 2. The summed E-state index contributed by atoms with van der Waals surface area (Å²) in [5, 5.41) is 20.4. The highest BCUT2D eigenvalue weighted by Crippen LogP contribution is 2.19. The van der Waals surface area contributed by atoms with Crippen molar-refractivity contribution in [1.82, 2.24) is 16.0 Å². The first-order valence-corrected chi connectivity index (χ1v) is 12.5. The van der Waals surface area contributed by atoms with Crippen LogP contribution >= 0.6 is 0 Å². The molecule has 3 rings (SSSR count). The van der Waals surface area contributed by atoms with Crippen molar-refractivity contribution >= 4 is 40.1 Å². The molecule has 0 unspecified atom stereocenters. The molecule has 9 N–H and O–H groups in total. The molecule has 0 aromatic heterocycles. The normalized spacial score (nSPS) is 13.1. The number of nitrogens with one attached hydrogen (secondary N) is 5. The van der Waals surface area contributed by atoms with Gasteiger partial charge in [0.05, 0.1) is 6.04 Å². The second-order valence-corrected chi connectivity index (χ2v) is 9.13. The van der Waals surface area contributed by atoms with E-state index in [-0.39, 0.29) is 18.8 Å². The lowest BCUT2D eigenvalue weighted by Gasteiger charge is -2.24. The van der Waals surface area contributed by atoms with Crippen molar-refractivity contribution in [2.24, 2.45) is 11.5 Å². The van der Waals surface area contributed by atoms with E-state index >= 15 is 0 Å². The van der Waals surface area contributed by atoms with Gasteiger partial charge in [-0.25, -0.2) is 0 Å². The summed E-state index contributed by atoms with van der Waals surface area (Å²) in [6.07, 6.45) is 0.978. The van der Waals surface area contributed by atoms with Crippen LogP contribution in [-0.2, 0) is 20.8 Å².